The maximum absolute atomic E-state index is 4.74. The highest BCUT2D eigenvalue weighted by atomic mass is 32.1. The van der Waals surface area contributed by atoms with Crippen LogP contribution in [0.25, 0.3) is 10.2 Å². The largest absolute Gasteiger partial charge is 0.357 e. The minimum Gasteiger partial charge on any atom is -0.357 e. The molecule has 2 heterocycles. The van der Waals surface area contributed by atoms with Crippen LogP contribution in [-0.2, 0) is 0 Å². The zero-order chi connectivity index (χ0) is 15.0. The van der Waals surface area contributed by atoms with Crippen LogP contribution in [0.1, 0.15) is 37.5 Å². The minimum atomic E-state index is 0.594. The summed E-state index contributed by atoms with van der Waals surface area (Å²) in [7, 11) is 4.07. The lowest BCUT2D eigenvalue weighted by molar-refractivity contribution is 0.336. The predicted octanol–water partition coefficient (Wildman–Crippen LogP) is 4.06. The van der Waals surface area contributed by atoms with E-state index in [2.05, 4.69) is 42.2 Å². The average molecular weight is 304 g/mol. The van der Waals surface area contributed by atoms with Gasteiger partial charge in [-0.25, -0.2) is 4.98 Å². The summed E-state index contributed by atoms with van der Waals surface area (Å²) in [5.41, 5.74) is 0. The summed E-state index contributed by atoms with van der Waals surface area (Å²) in [4.78, 5) is 14.1. The first-order chi connectivity index (χ1) is 10.1. The lowest BCUT2D eigenvalue weighted by Crippen LogP contribution is -2.36. The first-order valence-electron chi connectivity index (χ1n) is 7.77. The van der Waals surface area contributed by atoms with Crippen molar-refractivity contribution in [1.29, 1.82) is 0 Å². The molecule has 1 aliphatic carbocycles. The van der Waals surface area contributed by atoms with Gasteiger partial charge in [-0.1, -0.05) is 19.8 Å². The molecular weight excluding hydrogens is 280 g/mol. The first kappa shape index (κ1) is 14.6. The summed E-state index contributed by atoms with van der Waals surface area (Å²) < 4.78 is 0. The van der Waals surface area contributed by atoms with Gasteiger partial charge in [0.2, 0.25) is 5.95 Å². The van der Waals surface area contributed by atoms with E-state index in [0.29, 0.717) is 6.04 Å². The number of thiophene rings is 1. The maximum atomic E-state index is 4.74. The van der Waals surface area contributed by atoms with Gasteiger partial charge in [0, 0.05) is 25.0 Å². The Balaban J connectivity index is 2.01. The van der Waals surface area contributed by atoms with Crippen LogP contribution in [0.2, 0.25) is 0 Å². The summed E-state index contributed by atoms with van der Waals surface area (Å²) in [6, 6.07) is 2.81. The van der Waals surface area contributed by atoms with Crippen molar-refractivity contribution in [2.24, 2.45) is 5.92 Å². The second kappa shape index (κ2) is 5.79. The predicted molar refractivity (Wildman–Crippen MR) is 91.5 cm³/mol. The summed E-state index contributed by atoms with van der Waals surface area (Å²) in [6.45, 7) is 4.50. The van der Waals surface area contributed by atoms with Crippen molar-refractivity contribution in [1.82, 2.24) is 9.97 Å². The Morgan fingerprint density at radius 2 is 2.14 bits per heavy atom. The molecule has 5 heteroatoms. The minimum absolute atomic E-state index is 0.594. The number of aryl methyl sites for hydroxylation is 1. The van der Waals surface area contributed by atoms with Crippen LogP contribution in [0, 0.1) is 12.8 Å². The van der Waals surface area contributed by atoms with E-state index in [4.69, 9.17) is 4.98 Å². The quantitative estimate of drug-likeness (QED) is 0.928. The number of hydrogen-bond donors (Lipinski definition) is 1. The van der Waals surface area contributed by atoms with E-state index in [1.54, 1.807) is 11.3 Å². The topological polar surface area (TPSA) is 41.1 Å². The van der Waals surface area contributed by atoms with Gasteiger partial charge in [0.25, 0.3) is 0 Å². The van der Waals surface area contributed by atoms with Gasteiger partial charge in [-0.2, -0.15) is 4.98 Å². The highest BCUT2D eigenvalue weighted by Crippen LogP contribution is 2.35. The van der Waals surface area contributed by atoms with Crippen LogP contribution in [0.5, 0.6) is 0 Å². The molecule has 1 aliphatic rings. The van der Waals surface area contributed by atoms with Crippen LogP contribution in [-0.4, -0.2) is 30.1 Å². The molecule has 0 bridgehead atoms. The van der Waals surface area contributed by atoms with Crippen molar-refractivity contribution in [2.75, 3.05) is 24.3 Å². The molecule has 0 spiro atoms. The van der Waals surface area contributed by atoms with E-state index >= 15 is 0 Å². The molecule has 4 nitrogen and oxygen atoms in total. The Morgan fingerprint density at radius 1 is 1.33 bits per heavy atom. The van der Waals surface area contributed by atoms with Gasteiger partial charge >= 0.3 is 0 Å². The van der Waals surface area contributed by atoms with Gasteiger partial charge in [0.1, 0.15) is 10.6 Å². The molecule has 0 aliphatic heterocycles. The molecule has 2 unspecified atom stereocenters. The third kappa shape index (κ3) is 2.84. The molecule has 1 saturated carbocycles. The van der Waals surface area contributed by atoms with Crippen LogP contribution in [0.15, 0.2) is 6.07 Å². The van der Waals surface area contributed by atoms with Gasteiger partial charge in [-0.3, -0.25) is 0 Å². The number of nitrogens with one attached hydrogen (secondary N) is 1. The fraction of sp³-hybridized carbons (Fsp3) is 0.625. The molecule has 0 radical (unpaired) electrons. The molecule has 1 N–H and O–H groups in total. The standard InChI is InChI=1S/C16H24N4S/c1-10-6-5-7-12(8-10)20(4)14-13-9-11(2)21-15(13)19-16(17-3)18-14/h9-10,12H,5-8H2,1-4H3,(H,17,18,19). The molecule has 114 valence electrons. The smallest absolute Gasteiger partial charge is 0.225 e. The van der Waals surface area contributed by atoms with E-state index in [9.17, 15) is 0 Å². The highest BCUT2D eigenvalue weighted by molar-refractivity contribution is 7.18. The Hall–Kier alpha value is -1.36. The Kier molecular flexibility index (Phi) is 4.02. The fourth-order valence-electron chi connectivity index (χ4n) is 3.33. The number of anilines is 2. The molecule has 0 amide bonds. The molecule has 0 aromatic carbocycles. The molecule has 21 heavy (non-hydrogen) atoms. The van der Waals surface area contributed by atoms with Gasteiger partial charge in [0.05, 0.1) is 5.39 Å². The summed E-state index contributed by atoms with van der Waals surface area (Å²) in [5, 5.41) is 4.28. The molecule has 2 atom stereocenters. The van der Waals surface area contributed by atoms with Crippen LogP contribution in [0.3, 0.4) is 0 Å². The molecular formula is C16H24N4S. The molecule has 3 rings (SSSR count). The van der Waals surface area contributed by atoms with Crippen LogP contribution < -0.4 is 10.2 Å². The lowest BCUT2D eigenvalue weighted by atomic mass is 9.86. The second-order valence-electron chi connectivity index (χ2n) is 6.23. The summed E-state index contributed by atoms with van der Waals surface area (Å²) in [5.74, 6) is 2.61. The van der Waals surface area contributed by atoms with Crippen molar-refractivity contribution in [3.63, 3.8) is 0 Å². The summed E-state index contributed by atoms with van der Waals surface area (Å²) in [6.07, 6.45) is 5.22. The maximum Gasteiger partial charge on any atom is 0.225 e. The average Bonchev–Trinajstić information content (AvgIpc) is 2.85. The van der Waals surface area contributed by atoms with Gasteiger partial charge < -0.3 is 10.2 Å². The van der Waals surface area contributed by atoms with E-state index in [1.165, 1.54) is 35.9 Å². The molecule has 0 saturated heterocycles. The van der Waals surface area contributed by atoms with Gasteiger partial charge in [-0.05, 0) is 31.7 Å². The van der Waals surface area contributed by atoms with Gasteiger partial charge in [-0.15, -0.1) is 11.3 Å². The monoisotopic (exact) mass is 304 g/mol. The SMILES string of the molecule is CNc1nc(N(C)C2CCCC(C)C2)c2cc(C)sc2n1. The van der Waals surface area contributed by atoms with E-state index in [0.717, 1.165) is 22.5 Å². The third-order valence-electron chi connectivity index (χ3n) is 4.51. The normalized spacial score (nSPS) is 22.5. The van der Waals surface area contributed by atoms with Gasteiger partial charge in [0.15, 0.2) is 0 Å². The van der Waals surface area contributed by atoms with Crippen LogP contribution in [0.4, 0.5) is 11.8 Å². The fourth-order valence-corrected chi connectivity index (χ4v) is 4.21. The second-order valence-corrected chi connectivity index (χ2v) is 7.47. The van der Waals surface area contributed by atoms with E-state index in [1.807, 2.05) is 7.05 Å². The van der Waals surface area contributed by atoms with Crippen molar-refractivity contribution in [3.05, 3.63) is 10.9 Å². The molecule has 2 aromatic rings. The van der Waals surface area contributed by atoms with Crippen molar-refractivity contribution < 1.29 is 0 Å². The van der Waals surface area contributed by atoms with Crippen molar-refractivity contribution in [2.45, 2.75) is 45.6 Å². The number of rotatable bonds is 3. The Morgan fingerprint density at radius 3 is 2.86 bits per heavy atom. The van der Waals surface area contributed by atoms with Crippen molar-refractivity contribution in [3.8, 4) is 0 Å². The zero-order valence-corrected chi connectivity index (χ0v) is 14.1. The summed E-state index contributed by atoms with van der Waals surface area (Å²) >= 11 is 1.74. The first-order valence-corrected chi connectivity index (χ1v) is 8.59. The number of hydrogen-bond acceptors (Lipinski definition) is 5. The highest BCUT2D eigenvalue weighted by Gasteiger charge is 2.25. The third-order valence-corrected chi connectivity index (χ3v) is 5.45. The molecule has 1 fully saturated rings. The van der Waals surface area contributed by atoms with Crippen molar-refractivity contribution >= 4 is 33.3 Å². The lowest BCUT2D eigenvalue weighted by Gasteiger charge is -2.35. The Bertz CT molecular complexity index is 636. The Labute approximate surface area is 130 Å². The zero-order valence-electron chi connectivity index (χ0n) is 13.3. The van der Waals surface area contributed by atoms with E-state index in [-0.39, 0.29) is 0 Å². The number of fused-ring (bicyclic) bond motifs is 1. The number of aromatic nitrogens is 2. The van der Waals surface area contributed by atoms with Crippen LogP contribution >= 0.6 is 11.3 Å². The van der Waals surface area contributed by atoms with E-state index < -0.39 is 0 Å². The number of nitrogens with zero attached hydrogens (tertiary/aromatic N) is 3. The molecule has 2 aromatic heterocycles.